The smallest absolute Gasteiger partial charge is 0.226 e. The fourth-order valence-electron chi connectivity index (χ4n) is 1.53. The molecule has 0 saturated heterocycles. The number of nitrogens with one attached hydrogen (secondary N) is 1. The van der Waals surface area contributed by atoms with Crippen molar-refractivity contribution in [2.45, 2.75) is 13.5 Å². The van der Waals surface area contributed by atoms with E-state index in [1.54, 1.807) is 12.4 Å². The lowest BCUT2D eigenvalue weighted by Crippen LogP contribution is -2.13. The molecular weight excluding hydrogens is 226 g/mol. The normalized spacial score (nSPS) is 10.2. The van der Waals surface area contributed by atoms with E-state index in [4.69, 9.17) is 0 Å². The van der Waals surface area contributed by atoms with Gasteiger partial charge in [0.25, 0.3) is 0 Å². The Balaban J connectivity index is 2.07. The second kappa shape index (κ2) is 5.44. The topological polar surface area (TPSA) is 53.9 Å². The van der Waals surface area contributed by atoms with Crippen LogP contribution in [0.1, 0.15) is 11.1 Å². The van der Waals surface area contributed by atoms with E-state index in [1.165, 1.54) is 11.1 Å². The summed E-state index contributed by atoms with van der Waals surface area (Å²) in [6, 6.07) is 3.86. The summed E-state index contributed by atoms with van der Waals surface area (Å²) in [4.78, 5) is 14.6. The van der Waals surface area contributed by atoms with Gasteiger partial charge in [-0.25, -0.2) is 4.98 Å². The molecule has 0 aromatic carbocycles. The van der Waals surface area contributed by atoms with Crippen molar-refractivity contribution in [2.24, 2.45) is 0 Å². The highest BCUT2D eigenvalue weighted by molar-refractivity contribution is 5.41. The predicted molar refractivity (Wildman–Crippen MR) is 72.7 cm³/mol. The van der Waals surface area contributed by atoms with Gasteiger partial charge in [-0.1, -0.05) is 0 Å². The molecule has 0 saturated carbocycles. The molecule has 94 valence electrons. The Labute approximate surface area is 107 Å². The number of hydrogen-bond acceptors (Lipinski definition) is 5. The summed E-state index contributed by atoms with van der Waals surface area (Å²) in [6.45, 7) is 2.79. The highest BCUT2D eigenvalue weighted by Crippen LogP contribution is 2.11. The zero-order valence-corrected chi connectivity index (χ0v) is 10.9. The predicted octanol–water partition coefficient (Wildman–Crippen LogP) is 1.86. The summed E-state index contributed by atoms with van der Waals surface area (Å²) in [6.07, 6.45) is 5.42. The average Bonchev–Trinajstić information content (AvgIpc) is 2.38. The summed E-state index contributed by atoms with van der Waals surface area (Å²) in [5.41, 5.74) is 2.39. The molecule has 0 spiro atoms. The standard InChI is InChI=1S/C13H17N5/c1-10-4-6-14-8-11(10)9-16-12-5-7-15-13(17-12)18(2)3/h4-8H,9H2,1-3H3,(H,15,16,17). The minimum Gasteiger partial charge on any atom is -0.366 e. The first-order valence-electron chi connectivity index (χ1n) is 5.80. The van der Waals surface area contributed by atoms with Crippen molar-refractivity contribution < 1.29 is 0 Å². The van der Waals surface area contributed by atoms with Crippen LogP contribution in [-0.2, 0) is 6.54 Å². The van der Waals surface area contributed by atoms with Crippen molar-refractivity contribution in [3.63, 3.8) is 0 Å². The molecule has 0 amide bonds. The monoisotopic (exact) mass is 243 g/mol. The summed E-state index contributed by atoms with van der Waals surface area (Å²) < 4.78 is 0. The van der Waals surface area contributed by atoms with Crippen molar-refractivity contribution in [2.75, 3.05) is 24.3 Å². The third-order valence-electron chi connectivity index (χ3n) is 2.65. The molecule has 2 heterocycles. The number of nitrogens with zero attached hydrogens (tertiary/aromatic N) is 4. The van der Waals surface area contributed by atoms with Crippen molar-refractivity contribution in [1.29, 1.82) is 0 Å². The fourth-order valence-corrected chi connectivity index (χ4v) is 1.53. The van der Waals surface area contributed by atoms with E-state index in [0.29, 0.717) is 12.5 Å². The Morgan fingerprint density at radius 2 is 2.06 bits per heavy atom. The zero-order valence-electron chi connectivity index (χ0n) is 10.9. The first-order chi connectivity index (χ1) is 8.66. The summed E-state index contributed by atoms with van der Waals surface area (Å²) in [7, 11) is 3.84. The lowest BCUT2D eigenvalue weighted by Gasteiger charge is -2.12. The second-order valence-corrected chi connectivity index (χ2v) is 4.29. The van der Waals surface area contributed by atoms with Gasteiger partial charge in [0.2, 0.25) is 5.95 Å². The van der Waals surface area contributed by atoms with Crippen LogP contribution in [-0.4, -0.2) is 29.0 Å². The highest BCUT2D eigenvalue weighted by atomic mass is 15.2. The van der Waals surface area contributed by atoms with E-state index in [1.807, 2.05) is 37.3 Å². The summed E-state index contributed by atoms with van der Waals surface area (Å²) in [5, 5.41) is 3.28. The molecule has 5 heteroatoms. The first kappa shape index (κ1) is 12.3. The van der Waals surface area contributed by atoms with Crippen LogP contribution < -0.4 is 10.2 Å². The molecule has 1 N–H and O–H groups in total. The molecule has 5 nitrogen and oxygen atoms in total. The number of aryl methyl sites for hydroxylation is 1. The number of pyridine rings is 1. The highest BCUT2D eigenvalue weighted by Gasteiger charge is 2.02. The Kier molecular flexibility index (Phi) is 3.72. The minimum absolute atomic E-state index is 0.697. The molecule has 0 radical (unpaired) electrons. The van der Waals surface area contributed by atoms with Crippen LogP contribution in [0.15, 0.2) is 30.7 Å². The Morgan fingerprint density at radius 1 is 1.22 bits per heavy atom. The third kappa shape index (κ3) is 2.94. The van der Waals surface area contributed by atoms with Gasteiger partial charge in [-0.05, 0) is 30.2 Å². The van der Waals surface area contributed by atoms with Gasteiger partial charge in [-0.15, -0.1) is 0 Å². The van der Waals surface area contributed by atoms with Gasteiger partial charge in [0.15, 0.2) is 0 Å². The second-order valence-electron chi connectivity index (χ2n) is 4.29. The maximum Gasteiger partial charge on any atom is 0.226 e. The molecule has 0 aliphatic carbocycles. The van der Waals surface area contributed by atoms with Gasteiger partial charge in [-0.2, -0.15) is 4.98 Å². The first-order valence-corrected chi connectivity index (χ1v) is 5.80. The number of aromatic nitrogens is 3. The summed E-state index contributed by atoms with van der Waals surface area (Å²) in [5.74, 6) is 1.51. The van der Waals surface area contributed by atoms with Crippen LogP contribution in [0.5, 0.6) is 0 Å². The Hall–Kier alpha value is -2.17. The van der Waals surface area contributed by atoms with E-state index in [0.717, 1.165) is 5.82 Å². The lowest BCUT2D eigenvalue weighted by molar-refractivity contribution is 0.983. The van der Waals surface area contributed by atoms with Crippen molar-refractivity contribution >= 4 is 11.8 Å². The van der Waals surface area contributed by atoms with Gasteiger partial charge >= 0.3 is 0 Å². The van der Waals surface area contributed by atoms with E-state index in [2.05, 4.69) is 27.2 Å². The number of rotatable bonds is 4. The van der Waals surface area contributed by atoms with Gasteiger partial charge in [0.1, 0.15) is 5.82 Å². The quantitative estimate of drug-likeness (QED) is 0.888. The van der Waals surface area contributed by atoms with E-state index >= 15 is 0 Å². The third-order valence-corrected chi connectivity index (χ3v) is 2.65. The van der Waals surface area contributed by atoms with E-state index in [9.17, 15) is 0 Å². The van der Waals surface area contributed by atoms with Crippen LogP contribution in [0.2, 0.25) is 0 Å². The molecule has 0 bridgehead atoms. The molecule has 0 unspecified atom stereocenters. The molecule has 18 heavy (non-hydrogen) atoms. The average molecular weight is 243 g/mol. The minimum atomic E-state index is 0.697. The van der Waals surface area contributed by atoms with Crippen LogP contribution >= 0.6 is 0 Å². The van der Waals surface area contributed by atoms with Crippen LogP contribution in [0.3, 0.4) is 0 Å². The molecule has 2 aromatic heterocycles. The SMILES string of the molecule is Cc1ccncc1CNc1ccnc(N(C)C)n1. The maximum atomic E-state index is 4.40. The van der Waals surface area contributed by atoms with Crippen molar-refractivity contribution in [3.8, 4) is 0 Å². The molecule has 0 atom stereocenters. The Morgan fingerprint density at radius 3 is 2.78 bits per heavy atom. The van der Waals surface area contributed by atoms with Gasteiger partial charge in [-0.3, -0.25) is 4.98 Å². The van der Waals surface area contributed by atoms with Gasteiger partial charge in [0, 0.05) is 39.2 Å². The summed E-state index contributed by atoms with van der Waals surface area (Å²) >= 11 is 0. The van der Waals surface area contributed by atoms with E-state index < -0.39 is 0 Å². The fraction of sp³-hybridized carbons (Fsp3) is 0.308. The van der Waals surface area contributed by atoms with Crippen LogP contribution in [0, 0.1) is 6.92 Å². The maximum absolute atomic E-state index is 4.40. The molecule has 2 rings (SSSR count). The molecule has 0 aliphatic rings. The number of anilines is 2. The zero-order chi connectivity index (χ0) is 13.0. The largest absolute Gasteiger partial charge is 0.366 e. The van der Waals surface area contributed by atoms with Gasteiger partial charge in [0.05, 0.1) is 0 Å². The molecule has 0 aliphatic heterocycles. The molecule has 0 fully saturated rings. The Bertz CT molecular complexity index is 524. The van der Waals surface area contributed by atoms with Crippen molar-refractivity contribution in [1.82, 2.24) is 15.0 Å². The van der Waals surface area contributed by atoms with Crippen LogP contribution in [0.25, 0.3) is 0 Å². The lowest BCUT2D eigenvalue weighted by atomic mass is 10.1. The van der Waals surface area contributed by atoms with Crippen LogP contribution in [0.4, 0.5) is 11.8 Å². The van der Waals surface area contributed by atoms with Crippen molar-refractivity contribution in [3.05, 3.63) is 41.9 Å². The van der Waals surface area contributed by atoms with E-state index in [-0.39, 0.29) is 0 Å². The number of hydrogen-bond donors (Lipinski definition) is 1. The molecular formula is C13H17N5. The van der Waals surface area contributed by atoms with Gasteiger partial charge < -0.3 is 10.2 Å². The molecule has 2 aromatic rings.